The van der Waals surface area contributed by atoms with Crippen LogP contribution < -0.4 is 4.74 Å². The van der Waals surface area contributed by atoms with Gasteiger partial charge in [0.2, 0.25) is 0 Å². The van der Waals surface area contributed by atoms with Gasteiger partial charge in [-0.2, -0.15) is 0 Å². The van der Waals surface area contributed by atoms with Gasteiger partial charge in [-0.1, -0.05) is 18.6 Å². The van der Waals surface area contributed by atoms with E-state index >= 15 is 0 Å². The van der Waals surface area contributed by atoms with Gasteiger partial charge in [-0.3, -0.25) is 4.90 Å². The number of aliphatic hydroxyl groups is 2. The molecule has 24 heavy (non-hydrogen) atoms. The summed E-state index contributed by atoms with van der Waals surface area (Å²) in [6.07, 6.45) is 3.89. The van der Waals surface area contributed by atoms with Crippen molar-refractivity contribution in [3.05, 3.63) is 46.4 Å². The standard InChI is InChI=1S/C19H23NO4/c1-19-9-15(22)14(21)8-12(19)5-6-20-10-13-11(7-17(19)20)3-4-16(24-2)18(13)23/h3-4,8,17,21-23H,5-7,9-10H2,1-2H3. The van der Waals surface area contributed by atoms with Crippen LogP contribution in [0.3, 0.4) is 0 Å². The van der Waals surface area contributed by atoms with Crippen molar-refractivity contribution >= 4 is 0 Å². The van der Waals surface area contributed by atoms with Crippen LogP contribution in [0, 0.1) is 5.41 Å². The average Bonchev–Trinajstić information content (AvgIpc) is 2.56. The van der Waals surface area contributed by atoms with Crippen molar-refractivity contribution in [1.82, 2.24) is 4.90 Å². The van der Waals surface area contributed by atoms with Gasteiger partial charge >= 0.3 is 0 Å². The molecule has 2 aliphatic heterocycles. The number of phenolic OH excluding ortho intramolecular Hbond substituents is 1. The van der Waals surface area contributed by atoms with E-state index < -0.39 is 0 Å². The molecule has 1 fully saturated rings. The molecule has 0 amide bonds. The molecule has 5 heteroatoms. The van der Waals surface area contributed by atoms with Crippen molar-refractivity contribution in [2.24, 2.45) is 5.41 Å². The Balaban J connectivity index is 1.74. The first-order chi connectivity index (χ1) is 11.4. The smallest absolute Gasteiger partial charge is 0.162 e. The fourth-order valence-corrected chi connectivity index (χ4v) is 4.62. The van der Waals surface area contributed by atoms with E-state index in [4.69, 9.17) is 4.74 Å². The zero-order chi connectivity index (χ0) is 17.1. The van der Waals surface area contributed by atoms with Crippen LogP contribution >= 0.6 is 0 Å². The second-order valence-electron chi connectivity index (χ2n) is 7.29. The molecule has 1 aromatic rings. The summed E-state index contributed by atoms with van der Waals surface area (Å²) in [6, 6.07) is 4.09. The van der Waals surface area contributed by atoms with Gasteiger partial charge in [0.05, 0.1) is 7.11 Å². The summed E-state index contributed by atoms with van der Waals surface area (Å²) in [6.45, 7) is 3.74. The Kier molecular flexibility index (Phi) is 3.32. The third-order valence-electron chi connectivity index (χ3n) is 6.06. The highest BCUT2D eigenvalue weighted by Gasteiger charge is 2.48. The first-order valence-corrected chi connectivity index (χ1v) is 8.38. The molecule has 1 saturated heterocycles. The predicted molar refractivity (Wildman–Crippen MR) is 90.3 cm³/mol. The summed E-state index contributed by atoms with van der Waals surface area (Å²) >= 11 is 0. The van der Waals surface area contributed by atoms with Crippen LogP contribution in [0.15, 0.2) is 35.3 Å². The van der Waals surface area contributed by atoms with E-state index in [9.17, 15) is 15.3 Å². The SMILES string of the molecule is COc1ccc2c(c1O)CN1CCC3=CC(O)=C(O)CC3(C)C1C2. The molecule has 3 N–H and O–H groups in total. The maximum atomic E-state index is 10.5. The van der Waals surface area contributed by atoms with E-state index in [0.717, 1.165) is 30.5 Å². The fourth-order valence-electron chi connectivity index (χ4n) is 4.62. The second-order valence-corrected chi connectivity index (χ2v) is 7.29. The number of fused-ring (bicyclic) bond motifs is 4. The Morgan fingerprint density at radius 2 is 2.04 bits per heavy atom. The minimum Gasteiger partial charge on any atom is -0.508 e. The normalized spacial score (nSPS) is 29.4. The van der Waals surface area contributed by atoms with E-state index in [1.165, 1.54) is 5.57 Å². The molecule has 0 saturated carbocycles. The summed E-state index contributed by atoms with van der Waals surface area (Å²) in [5, 5.41) is 30.4. The Morgan fingerprint density at radius 1 is 1.25 bits per heavy atom. The van der Waals surface area contributed by atoms with Crippen molar-refractivity contribution in [1.29, 1.82) is 0 Å². The van der Waals surface area contributed by atoms with Crippen LogP contribution in [0.5, 0.6) is 11.5 Å². The molecule has 3 aliphatic rings. The summed E-state index contributed by atoms with van der Waals surface area (Å²) in [5.41, 5.74) is 3.09. The Morgan fingerprint density at radius 3 is 2.79 bits per heavy atom. The quantitative estimate of drug-likeness (QED) is 0.738. The van der Waals surface area contributed by atoms with Crippen molar-refractivity contribution in [3.63, 3.8) is 0 Å². The molecule has 2 unspecified atom stereocenters. The molecule has 1 aromatic carbocycles. The van der Waals surface area contributed by atoms with Crippen molar-refractivity contribution in [2.75, 3.05) is 13.7 Å². The van der Waals surface area contributed by atoms with Crippen LogP contribution in [0.4, 0.5) is 0 Å². The van der Waals surface area contributed by atoms with Gasteiger partial charge in [0.15, 0.2) is 17.3 Å². The molecule has 2 atom stereocenters. The van der Waals surface area contributed by atoms with Crippen LogP contribution in [-0.2, 0) is 13.0 Å². The molecule has 4 rings (SSSR count). The number of hydrogen-bond donors (Lipinski definition) is 3. The fraction of sp³-hybridized carbons (Fsp3) is 0.474. The molecule has 0 aromatic heterocycles. The molecule has 1 aliphatic carbocycles. The van der Waals surface area contributed by atoms with Crippen LogP contribution in [-0.4, -0.2) is 39.9 Å². The van der Waals surface area contributed by atoms with E-state index in [0.29, 0.717) is 18.7 Å². The number of rotatable bonds is 1. The maximum Gasteiger partial charge on any atom is 0.162 e. The highest BCUT2D eigenvalue weighted by Crippen LogP contribution is 2.51. The van der Waals surface area contributed by atoms with Crippen LogP contribution in [0.2, 0.25) is 0 Å². The number of phenols is 1. The zero-order valence-corrected chi connectivity index (χ0v) is 14.0. The van der Waals surface area contributed by atoms with Gasteiger partial charge < -0.3 is 20.1 Å². The maximum absolute atomic E-state index is 10.5. The van der Waals surface area contributed by atoms with E-state index in [1.807, 2.05) is 12.1 Å². The molecule has 2 heterocycles. The van der Waals surface area contributed by atoms with E-state index in [-0.39, 0.29) is 28.7 Å². The van der Waals surface area contributed by atoms with E-state index in [1.54, 1.807) is 13.2 Å². The summed E-state index contributed by atoms with van der Waals surface area (Å²) in [4.78, 5) is 2.38. The lowest BCUT2D eigenvalue weighted by molar-refractivity contribution is 0.0397. The molecule has 5 nitrogen and oxygen atoms in total. The zero-order valence-electron chi connectivity index (χ0n) is 14.0. The topological polar surface area (TPSA) is 73.2 Å². The lowest BCUT2D eigenvalue weighted by Gasteiger charge is -2.53. The van der Waals surface area contributed by atoms with Gasteiger partial charge in [-0.15, -0.1) is 0 Å². The van der Waals surface area contributed by atoms with Gasteiger partial charge in [0, 0.05) is 36.5 Å². The number of aromatic hydroxyl groups is 1. The van der Waals surface area contributed by atoms with Crippen molar-refractivity contribution < 1.29 is 20.1 Å². The summed E-state index contributed by atoms with van der Waals surface area (Å²) in [7, 11) is 1.57. The summed E-state index contributed by atoms with van der Waals surface area (Å²) < 4.78 is 5.23. The number of methoxy groups -OCH3 is 1. The lowest BCUT2D eigenvalue weighted by atomic mass is 9.63. The first kappa shape index (κ1) is 15.4. The number of ether oxygens (including phenoxy) is 1. The van der Waals surface area contributed by atoms with Crippen LogP contribution in [0.25, 0.3) is 0 Å². The molecular formula is C19H23NO4. The second kappa shape index (κ2) is 5.18. The van der Waals surface area contributed by atoms with Crippen molar-refractivity contribution in [3.8, 4) is 11.5 Å². The van der Waals surface area contributed by atoms with Crippen LogP contribution in [0.1, 0.15) is 30.9 Å². The summed E-state index contributed by atoms with van der Waals surface area (Å²) in [5.74, 6) is 0.837. The lowest BCUT2D eigenvalue weighted by Crippen LogP contribution is -2.55. The van der Waals surface area contributed by atoms with Gasteiger partial charge in [0.25, 0.3) is 0 Å². The largest absolute Gasteiger partial charge is 0.508 e. The van der Waals surface area contributed by atoms with Gasteiger partial charge in [-0.25, -0.2) is 0 Å². The minimum atomic E-state index is -0.193. The van der Waals surface area contributed by atoms with Gasteiger partial charge in [0.1, 0.15) is 5.76 Å². The number of aliphatic hydroxyl groups excluding tert-OH is 2. The monoisotopic (exact) mass is 329 g/mol. The number of benzene rings is 1. The molecule has 0 bridgehead atoms. The Hall–Kier alpha value is -2.14. The number of nitrogens with zero attached hydrogens (tertiary/aromatic N) is 1. The number of hydrogen-bond acceptors (Lipinski definition) is 5. The first-order valence-electron chi connectivity index (χ1n) is 8.38. The third-order valence-corrected chi connectivity index (χ3v) is 6.06. The molecule has 128 valence electrons. The number of piperidine rings is 1. The molecule has 0 spiro atoms. The van der Waals surface area contributed by atoms with Gasteiger partial charge in [-0.05, 0) is 30.5 Å². The minimum absolute atomic E-state index is 0.00881. The number of allylic oxidation sites excluding steroid dienone is 2. The Labute approximate surface area is 141 Å². The Bertz CT molecular complexity index is 767. The highest BCUT2D eigenvalue weighted by atomic mass is 16.5. The predicted octanol–water partition coefficient (Wildman–Crippen LogP) is 3.20. The highest BCUT2D eigenvalue weighted by molar-refractivity contribution is 5.51. The average molecular weight is 329 g/mol. The molecule has 0 radical (unpaired) electrons. The van der Waals surface area contributed by atoms with Crippen molar-refractivity contribution in [2.45, 2.75) is 38.8 Å². The van der Waals surface area contributed by atoms with E-state index in [2.05, 4.69) is 11.8 Å². The molecular weight excluding hydrogens is 306 g/mol. The third kappa shape index (κ3) is 2.04.